The lowest BCUT2D eigenvalue weighted by atomic mass is 10.0. The van der Waals surface area contributed by atoms with E-state index in [9.17, 15) is 14.0 Å². The normalized spacial score (nSPS) is 17.6. The smallest absolute Gasteiger partial charge is 0.277 e. The fourth-order valence-corrected chi connectivity index (χ4v) is 5.17. The minimum atomic E-state index is -0.713. The van der Waals surface area contributed by atoms with Crippen molar-refractivity contribution in [2.75, 3.05) is 29.5 Å². The van der Waals surface area contributed by atoms with Crippen molar-refractivity contribution in [3.63, 3.8) is 0 Å². The van der Waals surface area contributed by atoms with Crippen LogP contribution in [0.3, 0.4) is 0 Å². The zero-order valence-electron chi connectivity index (χ0n) is 18.8. The van der Waals surface area contributed by atoms with Crippen molar-refractivity contribution in [2.45, 2.75) is 38.8 Å². The van der Waals surface area contributed by atoms with Gasteiger partial charge in [0.2, 0.25) is 5.91 Å². The number of fused-ring (bicyclic) bond motifs is 2. The first-order chi connectivity index (χ1) is 16.6. The van der Waals surface area contributed by atoms with E-state index < -0.39 is 6.67 Å². The lowest BCUT2D eigenvalue weighted by molar-refractivity contribution is -0.119. The Bertz CT molecular complexity index is 1280. The molecule has 174 valence electrons. The zero-order chi connectivity index (χ0) is 23.2. The molecule has 3 aromatic rings. The molecule has 8 heteroatoms. The van der Waals surface area contributed by atoms with Crippen molar-refractivity contribution < 1.29 is 18.7 Å². The van der Waals surface area contributed by atoms with Crippen LogP contribution in [0.15, 0.2) is 42.5 Å². The van der Waals surface area contributed by atoms with E-state index in [1.165, 1.54) is 0 Å². The summed E-state index contributed by atoms with van der Waals surface area (Å²) in [6.07, 6.45) is 3.83. The molecule has 1 fully saturated rings. The van der Waals surface area contributed by atoms with E-state index in [1.807, 2.05) is 47.4 Å². The maximum absolute atomic E-state index is 13.8. The standard InChI is InChI=1S/C26H25FN4O3/c27-16-22-21-10-13-30(19-6-4-18(5-7-19)29-12-2-1-3-24(29)32)26(33)25(21)31(28-22)20-8-9-23-17(15-20)11-14-34-23/h4-9,15H,1-3,10-14,16H2. The SMILES string of the molecule is O=C1CCCCN1c1ccc(N2CCc3c(CF)nn(-c4ccc5c(c4)CCO5)c3C2=O)cc1. The molecule has 3 aliphatic heterocycles. The first-order valence-electron chi connectivity index (χ1n) is 11.8. The second-order valence-electron chi connectivity index (χ2n) is 8.94. The van der Waals surface area contributed by atoms with Gasteiger partial charge in [0.1, 0.15) is 18.1 Å². The summed E-state index contributed by atoms with van der Waals surface area (Å²) in [4.78, 5) is 29.4. The number of hydrogen-bond acceptors (Lipinski definition) is 4. The maximum Gasteiger partial charge on any atom is 0.277 e. The number of carbonyl (C=O) groups is 2. The number of alkyl halides is 1. The van der Waals surface area contributed by atoms with E-state index in [-0.39, 0.29) is 11.8 Å². The fraction of sp³-hybridized carbons (Fsp3) is 0.346. The van der Waals surface area contributed by atoms with Gasteiger partial charge in [-0.1, -0.05) is 0 Å². The van der Waals surface area contributed by atoms with Crippen LogP contribution in [0.2, 0.25) is 0 Å². The Morgan fingerprint density at radius 1 is 0.882 bits per heavy atom. The van der Waals surface area contributed by atoms with E-state index in [0.29, 0.717) is 42.9 Å². The van der Waals surface area contributed by atoms with Crippen LogP contribution >= 0.6 is 0 Å². The van der Waals surface area contributed by atoms with Gasteiger partial charge in [0, 0.05) is 42.9 Å². The first kappa shape index (κ1) is 20.9. The number of halogens is 1. The number of nitrogens with zero attached hydrogens (tertiary/aromatic N) is 4. The van der Waals surface area contributed by atoms with Crippen LogP contribution in [0.4, 0.5) is 15.8 Å². The Hall–Kier alpha value is -3.68. The van der Waals surface area contributed by atoms with E-state index >= 15 is 0 Å². The van der Waals surface area contributed by atoms with Gasteiger partial charge in [-0.25, -0.2) is 9.07 Å². The van der Waals surface area contributed by atoms with Gasteiger partial charge >= 0.3 is 0 Å². The Kier molecular flexibility index (Phi) is 5.08. The Morgan fingerprint density at radius 3 is 2.41 bits per heavy atom. The molecule has 4 heterocycles. The summed E-state index contributed by atoms with van der Waals surface area (Å²) < 4.78 is 21.0. The molecular weight excluding hydrogens is 435 g/mol. The highest BCUT2D eigenvalue weighted by atomic mass is 19.1. The molecule has 6 rings (SSSR count). The Morgan fingerprint density at radius 2 is 1.65 bits per heavy atom. The molecule has 0 radical (unpaired) electrons. The van der Waals surface area contributed by atoms with Gasteiger partial charge in [-0.15, -0.1) is 0 Å². The fourth-order valence-electron chi connectivity index (χ4n) is 5.17. The van der Waals surface area contributed by atoms with Crippen LogP contribution in [-0.4, -0.2) is 41.3 Å². The molecule has 1 saturated heterocycles. The summed E-state index contributed by atoms with van der Waals surface area (Å²) in [6.45, 7) is 1.10. The summed E-state index contributed by atoms with van der Waals surface area (Å²) >= 11 is 0. The lowest BCUT2D eigenvalue weighted by Crippen LogP contribution is -2.39. The molecule has 2 aromatic carbocycles. The second-order valence-corrected chi connectivity index (χ2v) is 8.94. The van der Waals surface area contributed by atoms with E-state index in [4.69, 9.17) is 4.74 Å². The highest BCUT2D eigenvalue weighted by molar-refractivity contribution is 6.07. The largest absolute Gasteiger partial charge is 0.493 e. The molecule has 0 N–H and O–H groups in total. The van der Waals surface area contributed by atoms with Crippen molar-refractivity contribution in [1.82, 2.24) is 9.78 Å². The number of carbonyl (C=O) groups excluding carboxylic acids is 2. The number of amides is 2. The minimum Gasteiger partial charge on any atom is -0.493 e. The van der Waals surface area contributed by atoms with Crippen molar-refractivity contribution in [2.24, 2.45) is 0 Å². The summed E-state index contributed by atoms with van der Waals surface area (Å²) in [5.41, 5.74) is 4.80. The first-order valence-corrected chi connectivity index (χ1v) is 11.8. The topological polar surface area (TPSA) is 67.7 Å². The van der Waals surface area contributed by atoms with Gasteiger partial charge in [-0.3, -0.25) is 9.59 Å². The third-order valence-electron chi connectivity index (χ3n) is 6.94. The number of piperidine rings is 1. The van der Waals surface area contributed by atoms with Crippen molar-refractivity contribution in [3.05, 3.63) is 65.0 Å². The van der Waals surface area contributed by atoms with Crippen LogP contribution < -0.4 is 14.5 Å². The minimum absolute atomic E-state index is 0.139. The Labute approximate surface area is 196 Å². The molecule has 7 nitrogen and oxygen atoms in total. The summed E-state index contributed by atoms with van der Waals surface area (Å²) in [6, 6.07) is 13.3. The third kappa shape index (κ3) is 3.36. The average molecular weight is 461 g/mol. The van der Waals surface area contributed by atoms with Gasteiger partial charge in [0.25, 0.3) is 5.91 Å². The molecule has 0 spiro atoms. The summed E-state index contributed by atoms with van der Waals surface area (Å²) in [5.74, 6) is 0.780. The van der Waals surface area contributed by atoms with Gasteiger partial charge in [-0.2, -0.15) is 5.10 Å². The van der Waals surface area contributed by atoms with Gasteiger partial charge in [-0.05, 0) is 67.3 Å². The molecule has 0 saturated carbocycles. The molecule has 0 unspecified atom stereocenters. The van der Waals surface area contributed by atoms with Crippen molar-refractivity contribution >= 4 is 23.2 Å². The van der Waals surface area contributed by atoms with Crippen molar-refractivity contribution in [1.29, 1.82) is 0 Å². The highest BCUT2D eigenvalue weighted by Crippen LogP contribution is 2.33. The van der Waals surface area contributed by atoms with E-state index in [0.717, 1.165) is 54.2 Å². The molecule has 3 aliphatic rings. The average Bonchev–Trinajstić information content (AvgIpc) is 3.49. The van der Waals surface area contributed by atoms with Crippen molar-refractivity contribution in [3.8, 4) is 11.4 Å². The number of aromatic nitrogens is 2. The summed E-state index contributed by atoms with van der Waals surface area (Å²) in [5, 5.41) is 4.48. The molecule has 2 amide bonds. The number of anilines is 2. The molecular formula is C26H25FN4O3. The summed E-state index contributed by atoms with van der Waals surface area (Å²) in [7, 11) is 0. The number of benzene rings is 2. The lowest BCUT2D eigenvalue weighted by Gasteiger charge is -2.29. The van der Waals surface area contributed by atoms with Crippen LogP contribution in [0.25, 0.3) is 5.69 Å². The van der Waals surface area contributed by atoms with Gasteiger partial charge in [0.15, 0.2) is 0 Å². The molecule has 1 aromatic heterocycles. The van der Waals surface area contributed by atoms with Crippen LogP contribution in [-0.2, 0) is 24.3 Å². The van der Waals surface area contributed by atoms with Crippen LogP contribution in [0, 0.1) is 0 Å². The highest BCUT2D eigenvalue weighted by Gasteiger charge is 2.33. The van der Waals surface area contributed by atoms with Crippen LogP contribution in [0.1, 0.15) is 46.6 Å². The second kappa shape index (κ2) is 8.27. The Balaban J connectivity index is 1.33. The molecule has 0 bridgehead atoms. The zero-order valence-corrected chi connectivity index (χ0v) is 18.8. The van der Waals surface area contributed by atoms with E-state index in [1.54, 1.807) is 9.58 Å². The predicted molar refractivity (Wildman–Crippen MR) is 126 cm³/mol. The quantitative estimate of drug-likeness (QED) is 0.590. The number of rotatable bonds is 4. The molecule has 0 aliphatic carbocycles. The predicted octanol–water partition coefficient (Wildman–Crippen LogP) is 4.00. The van der Waals surface area contributed by atoms with Gasteiger partial charge < -0.3 is 14.5 Å². The number of hydrogen-bond donors (Lipinski definition) is 0. The third-order valence-corrected chi connectivity index (χ3v) is 6.94. The van der Waals surface area contributed by atoms with Gasteiger partial charge in [0.05, 0.1) is 18.0 Å². The number of ether oxygens (including phenoxy) is 1. The molecule has 34 heavy (non-hydrogen) atoms. The van der Waals surface area contributed by atoms with Crippen LogP contribution in [0.5, 0.6) is 5.75 Å². The monoisotopic (exact) mass is 460 g/mol. The molecule has 0 atom stereocenters. The van der Waals surface area contributed by atoms with E-state index in [2.05, 4.69) is 5.10 Å². The maximum atomic E-state index is 13.8.